The Kier molecular flexibility index (Phi) is 3.49. The van der Waals surface area contributed by atoms with Crippen molar-refractivity contribution in [1.82, 2.24) is 5.32 Å². The van der Waals surface area contributed by atoms with Gasteiger partial charge in [0.05, 0.1) is 19.1 Å². The van der Waals surface area contributed by atoms with Crippen molar-refractivity contribution in [3.05, 3.63) is 0 Å². The molecule has 4 nitrogen and oxygen atoms in total. The zero-order valence-corrected chi connectivity index (χ0v) is 7.25. The molecule has 1 aliphatic rings. The zero-order chi connectivity index (χ0) is 8.97. The summed E-state index contributed by atoms with van der Waals surface area (Å²) in [4.78, 5) is 10.1. The summed E-state index contributed by atoms with van der Waals surface area (Å²) in [6.07, 6.45) is 2.51. The molecule has 70 valence electrons. The van der Waals surface area contributed by atoms with E-state index in [-0.39, 0.29) is 12.5 Å². The average molecular weight is 173 g/mol. The number of nitrogens with one attached hydrogen (secondary N) is 1. The van der Waals surface area contributed by atoms with Crippen molar-refractivity contribution in [2.24, 2.45) is 0 Å². The van der Waals surface area contributed by atoms with Gasteiger partial charge in [0, 0.05) is 6.04 Å². The van der Waals surface area contributed by atoms with Crippen molar-refractivity contribution in [2.75, 3.05) is 13.7 Å². The molecule has 0 aliphatic heterocycles. The molecule has 2 atom stereocenters. The molecule has 0 spiro atoms. The molecule has 4 heteroatoms. The van der Waals surface area contributed by atoms with Crippen molar-refractivity contribution < 1.29 is 14.6 Å². The monoisotopic (exact) mass is 173 g/mol. The predicted molar refractivity (Wildman–Crippen MR) is 44.1 cm³/mol. The summed E-state index contributed by atoms with van der Waals surface area (Å²) in [5, 5.41) is 11.5. The van der Waals surface area contributed by atoms with E-state index in [1.807, 2.05) is 7.05 Å². The lowest BCUT2D eigenvalue weighted by Crippen LogP contribution is -2.47. The first-order valence-corrected chi connectivity index (χ1v) is 4.24. The number of carboxylic acid groups (broad SMARTS) is 1. The number of aliphatic carboxylic acids is 1. The van der Waals surface area contributed by atoms with Crippen LogP contribution >= 0.6 is 0 Å². The molecule has 1 aliphatic carbocycles. The van der Waals surface area contributed by atoms with Gasteiger partial charge in [-0.25, -0.2) is 0 Å². The highest BCUT2D eigenvalue weighted by Gasteiger charge is 2.29. The van der Waals surface area contributed by atoms with Gasteiger partial charge in [-0.2, -0.15) is 0 Å². The molecule has 1 fully saturated rings. The summed E-state index contributed by atoms with van der Waals surface area (Å²) in [5.74, 6) is -0.796. The van der Waals surface area contributed by atoms with Gasteiger partial charge in [0.2, 0.25) is 0 Å². The molecule has 0 saturated heterocycles. The summed E-state index contributed by atoms with van der Waals surface area (Å²) >= 11 is 0. The van der Waals surface area contributed by atoms with Gasteiger partial charge < -0.3 is 15.2 Å². The van der Waals surface area contributed by atoms with Crippen LogP contribution in [-0.2, 0) is 9.53 Å². The maximum absolute atomic E-state index is 10.1. The summed E-state index contributed by atoms with van der Waals surface area (Å²) < 4.78 is 5.35. The van der Waals surface area contributed by atoms with Crippen molar-refractivity contribution >= 4 is 5.97 Å². The van der Waals surface area contributed by atoms with Crippen molar-refractivity contribution in [3.63, 3.8) is 0 Å². The van der Waals surface area contributed by atoms with E-state index < -0.39 is 5.97 Å². The van der Waals surface area contributed by atoms with Gasteiger partial charge in [-0.1, -0.05) is 0 Å². The van der Waals surface area contributed by atoms with Crippen LogP contribution in [0.4, 0.5) is 0 Å². The van der Waals surface area contributed by atoms with E-state index in [1.165, 1.54) is 0 Å². The van der Waals surface area contributed by atoms with Crippen LogP contribution in [-0.4, -0.2) is 36.9 Å². The van der Waals surface area contributed by atoms with Crippen LogP contribution in [0.3, 0.4) is 0 Å². The van der Waals surface area contributed by atoms with E-state index in [0.29, 0.717) is 12.6 Å². The third-order valence-electron chi connectivity index (χ3n) is 2.23. The molecular formula is C8H15NO3. The molecule has 1 saturated carbocycles. The Morgan fingerprint density at radius 2 is 2.42 bits per heavy atom. The van der Waals surface area contributed by atoms with Crippen LogP contribution in [0.1, 0.15) is 19.3 Å². The molecule has 1 rings (SSSR count). The number of rotatable bonds is 5. The first-order chi connectivity index (χ1) is 5.74. The fraction of sp³-hybridized carbons (Fsp3) is 0.875. The Labute approximate surface area is 71.9 Å². The molecular weight excluding hydrogens is 158 g/mol. The molecule has 0 aromatic heterocycles. The Hall–Kier alpha value is -0.610. The second-order valence-electron chi connectivity index (χ2n) is 3.03. The third-order valence-corrected chi connectivity index (χ3v) is 2.23. The second-order valence-corrected chi connectivity index (χ2v) is 3.03. The smallest absolute Gasteiger partial charge is 0.305 e. The lowest BCUT2D eigenvalue weighted by Gasteiger charge is -2.35. The largest absolute Gasteiger partial charge is 0.481 e. The second kappa shape index (κ2) is 4.42. The predicted octanol–water partition coefficient (Wildman–Crippen LogP) is 0.228. The number of ether oxygens (including phenoxy) is 1. The van der Waals surface area contributed by atoms with E-state index >= 15 is 0 Å². The highest BCUT2D eigenvalue weighted by atomic mass is 16.5. The van der Waals surface area contributed by atoms with E-state index in [4.69, 9.17) is 9.84 Å². The Balaban J connectivity index is 2.03. The van der Waals surface area contributed by atoms with E-state index in [1.54, 1.807) is 0 Å². The number of hydrogen-bond donors (Lipinski definition) is 2. The Bertz CT molecular complexity index is 158. The van der Waals surface area contributed by atoms with Gasteiger partial charge >= 0.3 is 5.97 Å². The maximum Gasteiger partial charge on any atom is 0.305 e. The molecule has 0 amide bonds. The molecule has 0 radical (unpaired) electrons. The van der Waals surface area contributed by atoms with Crippen molar-refractivity contribution in [1.29, 1.82) is 0 Å². The number of hydrogen-bond acceptors (Lipinski definition) is 3. The summed E-state index contributed by atoms with van der Waals surface area (Å²) in [6.45, 7) is 0.332. The van der Waals surface area contributed by atoms with E-state index in [0.717, 1.165) is 12.8 Å². The molecule has 0 aromatic rings. The lowest BCUT2D eigenvalue weighted by molar-refractivity contribution is -0.139. The molecule has 0 heterocycles. The standard InChI is InChI=1S/C8H15NO3/c1-9-6-2-3-7(6)12-5-4-8(10)11/h6-7,9H,2-5H2,1H3,(H,10,11). The first kappa shape index (κ1) is 9.48. The van der Waals surface area contributed by atoms with Gasteiger partial charge in [-0.3, -0.25) is 4.79 Å². The minimum absolute atomic E-state index is 0.104. The highest BCUT2D eigenvalue weighted by molar-refractivity contribution is 5.66. The minimum Gasteiger partial charge on any atom is -0.481 e. The normalized spacial score (nSPS) is 28.1. The molecule has 2 unspecified atom stereocenters. The Morgan fingerprint density at radius 1 is 1.67 bits per heavy atom. The van der Waals surface area contributed by atoms with Gasteiger partial charge in [0.15, 0.2) is 0 Å². The lowest BCUT2D eigenvalue weighted by atomic mass is 9.89. The zero-order valence-electron chi connectivity index (χ0n) is 7.25. The van der Waals surface area contributed by atoms with Crippen LogP contribution in [0, 0.1) is 0 Å². The Morgan fingerprint density at radius 3 is 2.83 bits per heavy atom. The highest BCUT2D eigenvalue weighted by Crippen LogP contribution is 2.22. The molecule has 12 heavy (non-hydrogen) atoms. The van der Waals surface area contributed by atoms with E-state index in [9.17, 15) is 4.79 Å². The van der Waals surface area contributed by atoms with Gasteiger partial charge in [0.1, 0.15) is 0 Å². The van der Waals surface area contributed by atoms with Crippen LogP contribution in [0.2, 0.25) is 0 Å². The summed E-state index contributed by atoms with van der Waals surface area (Å²) in [7, 11) is 1.90. The van der Waals surface area contributed by atoms with Crippen LogP contribution < -0.4 is 5.32 Å². The van der Waals surface area contributed by atoms with Crippen LogP contribution in [0.15, 0.2) is 0 Å². The average Bonchev–Trinajstić information content (AvgIpc) is 1.96. The molecule has 0 aromatic carbocycles. The first-order valence-electron chi connectivity index (χ1n) is 4.24. The molecule has 2 N–H and O–H groups in total. The quantitative estimate of drug-likeness (QED) is 0.624. The summed E-state index contributed by atoms with van der Waals surface area (Å²) in [6, 6.07) is 0.429. The van der Waals surface area contributed by atoms with Crippen molar-refractivity contribution in [3.8, 4) is 0 Å². The third kappa shape index (κ3) is 2.46. The number of likely N-dealkylation sites (N-methyl/N-ethyl adjacent to an activating group) is 1. The maximum atomic E-state index is 10.1. The SMILES string of the molecule is CNC1CCC1OCCC(=O)O. The topological polar surface area (TPSA) is 58.6 Å². The fourth-order valence-electron chi connectivity index (χ4n) is 1.30. The van der Waals surface area contributed by atoms with E-state index in [2.05, 4.69) is 5.32 Å². The van der Waals surface area contributed by atoms with Gasteiger partial charge in [-0.05, 0) is 19.9 Å². The molecule has 0 bridgehead atoms. The van der Waals surface area contributed by atoms with Gasteiger partial charge in [-0.15, -0.1) is 0 Å². The van der Waals surface area contributed by atoms with Crippen LogP contribution in [0.5, 0.6) is 0 Å². The number of carbonyl (C=O) groups is 1. The summed E-state index contributed by atoms with van der Waals surface area (Å²) in [5.41, 5.74) is 0. The number of carboxylic acids is 1. The van der Waals surface area contributed by atoms with Crippen molar-refractivity contribution in [2.45, 2.75) is 31.4 Å². The minimum atomic E-state index is -0.796. The van der Waals surface area contributed by atoms with Crippen LogP contribution in [0.25, 0.3) is 0 Å². The van der Waals surface area contributed by atoms with Gasteiger partial charge in [0.25, 0.3) is 0 Å². The fourth-order valence-corrected chi connectivity index (χ4v) is 1.30.